The summed E-state index contributed by atoms with van der Waals surface area (Å²) < 4.78 is 18.9. The van der Waals surface area contributed by atoms with Gasteiger partial charge in [-0.1, -0.05) is 23.7 Å². The molecule has 0 spiro atoms. The largest absolute Gasteiger partial charge is 0.490 e. The van der Waals surface area contributed by atoms with E-state index in [1.165, 1.54) is 12.1 Å². The summed E-state index contributed by atoms with van der Waals surface area (Å²) in [6.45, 7) is 7.07. The Balaban J connectivity index is 1.47. The Morgan fingerprint density at radius 1 is 1.28 bits per heavy atom. The Kier molecular flexibility index (Phi) is 7.30. The molecule has 3 rings (SSSR count). The predicted octanol–water partition coefficient (Wildman–Crippen LogP) is 3.55. The van der Waals surface area contributed by atoms with Crippen LogP contribution in [0, 0.1) is 5.82 Å². The van der Waals surface area contributed by atoms with E-state index in [1.54, 1.807) is 18.2 Å². The number of nitrogens with one attached hydrogen (secondary N) is 1. The van der Waals surface area contributed by atoms with Gasteiger partial charge >= 0.3 is 6.03 Å². The molecule has 1 saturated heterocycles. The smallest absolute Gasteiger partial charge is 0.316 e. The van der Waals surface area contributed by atoms with Gasteiger partial charge in [0, 0.05) is 43.8 Å². The molecule has 29 heavy (non-hydrogen) atoms. The highest BCUT2D eigenvalue weighted by atomic mass is 35.5. The van der Waals surface area contributed by atoms with Crippen LogP contribution in [0.15, 0.2) is 42.5 Å². The minimum atomic E-state index is -0.664. The first-order valence-corrected chi connectivity index (χ1v) is 9.98. The third kappa shape index (κ3) is 6.32. The predicted molar refractivity (Wildman–Crippen MR) is 113 cm³/mol. The molecule has 0 aromatic heterocycles. The Morgan fingerprint density at radius 3 is 2.72 bits per heavy atom. The van der Waals surface area contributed by atoms with E-state index in [1.807, 2.05) is 12.1 Å². The van der Waals surface area contributed by atoms with Crippen molar-refractivity contribution < 1.29 is 13.9 Å². The van der Waals surface area contributed by atoms with Crippen LogP contribution in [0.4, 0.5) is 14.9 Å². The minimum Gasteiger partial charge on any atom is -0.490 e. The molecule has 0 radical (unpaired) electrons. The van der Waals surface area contributed by atoms with E-state index in [-0.39, 0.29) is 5.82 Å². The average molecular weight is 421 g/mol. The molecule has 6 nitrogen and oxygen atoms in total. The Bertz CT molecular complexity index is 834. The molecule has 2 amide bonds. The number of benzene rings is 2. The quantitative estimate of drug-likeness (QED) is 0.718. The fourth-order valence-electron chi connectivity index (χ4n) is 3.53. The highest BCUT2D eigenvalue weighted by Gasteiger charge is 2.23. The number of primary amides is 1. The first-order chi connectivity index (χ1) is 13.9. The van der Waals surface area contributed by atoms with Crippen LogP contribution in [-0.2, 0) is 6.54 Å². The maximum atomic E-state index is 13.1. The third-order valence-electron chi connectivity index (χ3n) is 5.00. The molecule has 0 unspecified atom stereocenters. The fraction of sp³-hybridized carbons (Fsp3) is 0.381. The lowest BCUT2D eigenvalue weighted by Gasteiger charge is -2.39. The van der Waals surface area contributed by atoms with Crippen molar-refractivity contribution in [3.05, 3.63) is 58.9 Å². The van der Waals surface area contributed by atoms with Crippen molar-refractivity contribution in [2.75, 3.05) is 38.1 Å². The minimum absolute atomic E-state index is 0.207. The molecular formula is C21H26ClFN4O2. The zero-order chi connectivity index (χ0) is 20.8. The number of nitrogens with two attached hydrogens (primary N) is 1. The lowest BCUT2D eigenvalue weighted by Crippen LogP contribution is -2.52. The molecule has 1 fully saturated rings. The van der Waals surface area contributed by atoms with Gasteiger partial charge in [0.15, 0.2) is 0 Å². The first-order valence-electron chi connectivity index (χ1n) is 9.60. The zero-order valence-corrected chi connectivity index (χ0v) is 17.2. The summed E-state index contributed by atoms with van der Waals surface area (Å²) in [6, 6.07) is 11.4. The van der Waals surface area contributed by atoms with E-state index in [4.69, 9.17) is 22.1 Å². The maximum Gasteiger partial charge on any atom is 0.316 e. The number of halogens is 2. The summed E-state index contributed by atoms with van der Waals surface area (Å²) in [6.07, 6.45) is 0. The lowest BCUT2D eigenvalue weighted by molar-refractivity contribution is 0.0679. The molecule has 3 N–H and O–H groups in total. The van der Waals surface area contributed by atoms with Gasteiger partial charge in [0.05, 0.1) is 5.69 Å². The van der Waals surface area contributed by atoms with Crippen LogP contribution in [0.1, 0.15) is 12.5 Å². The summed E-state index contributed by atoms with van der Waals surface area (Å²) in [5, 5.41) is 3.02. The number of carbonyl (C=O) groups is 1. The maximum absolute atomic E-state index is 13.1. The summed E-state index contributed by atoms with van der Waals surface area (Å²) in [7, 11) is 0. The molecule has 2 aromatic rings. The SMILES string of the molecule is C[C@@H]1CN(Cc2ccc(F)cc2)CCN1CCOc1ccc(Cl)cc1NC(N)=O. The topological polar surface area (TPSA) is 70.8 Å². The summed E-state index contributed by atoms with van der Waals surface area (Å²) >= 11 is 5.98. The molecule has 1 atom stereocenters. The second-order valence-electron chi connectivity index (χ2n) is 7.22. The number of ether oxygens (including phenoxy) is 1. The molecule has 0 saturated carbocycles. The second kappa shape index (κ2) is 9.91. The number of urea groups is 1. The van der Waals surface area contributed by atoms with E-state index in [2.05, 4.69) is 22.0 Å². The van der Waals surface area contributed by atoms with Crippen molar-refractivity contribution in [3.63, 3.8) is 0 Å². The standard InChI is InChI=1S/C21H26ClFN4O2/c1-15-13-26(14-16-2-5-18(23)6-3-16)8-9-27(15)10-11-29-20-7-4-17(22)12-19(20)25-21(24)28/h2-7,12,15H,8-11,13-14H2,1H3,(H3,24,25,28)/t15-/m1/s1. The molecule has 2 aromatic carbocycles. The average Bonchev–Trinajstić information content (AvgIpc) is 2.66. The van der Waals surface area contributed by atoms with Crippen LogP contribution in [0.5, 0.6) is 5.75 Å². The van der Waals surface area contributed by atoms with E-state index >= 15 is 0 Å². The zero-order valence-electron chi connectivity index (χ0n) is 16.4. The normalized spacial score (nSPS) is 17.8. The van der Waals surface area contributed by atoms with Crippen molar-refractivity contribution in [1.29, 1.82) is 0 Å². The van der Waals surface area contributed by atoms with Crippen molar-refractivity contribution in [2.45, 2.75) is 19.5 Å². The molecular weight excluding hydrogens is 395 g/mol. The highest BCUT2D eigenvalue weighted by molar-refractivity contribution is 6.31. The second-order valence-corrected chi connectivity index (χ2v) is 7.66. The van der Waals surface area contributed by atoms with Crippen molar-refractivity contribution in [3.8, 4) is 5.75 Å². The van der Waals surface area contributed by atoms with Crippen LogP contribution in [-0.4, -0.2) is 54.7 Å². The van der Waals surface area contributed by atoms with Gasteiger partial charge in [-0.25, -0.2) is 9.18 Å². The molecule has 1 aliphatic heterocycles. The number of hydrogen-bond donors (Lipinski definition) is 2. The van der Waals surface area contributed by atoms with Crippen LogP contribution >= 0.6 is 11.6 Å². The van der Waals surface area contributed by atoms with Crippen LogP contribution < -0.4 is 15.8 Å². The van der Waals surface area contributed by atoms with Gasteiger partial charge in [-0.05, 0) is 42.8 Å². The number of amides is 2. The molecule has 0 aliphatic carbocycles. The van der Waals surface area contributed by atoms with Gasteiger partial charge in [-0.15, -0.1) is 0 Å². The summed E-state index contributed by atoms with van der Waals surface area (Å²) in [4.78, 5) is 15.9. The van der Waals surface area contributed by atoms with E-state index in [0.29, 0.717) is 29.1 Å². The number of hydrogen-bond acceptors (Lipinski definition) is 4. The highest BCUT2D eigenvalue weighted by Crippen LogP contribution is 2.28. The van der Waals surface area contributed by atoms with Gasteiger partial charge in [-0.3, -0.25) is 9.80 Å². The lowest BCUT2D eigenvalue weighted by atomic mass is 10.1. The fourth-order valence-corrected chi connectivity index (χ4v) is 3.70. The van der Waals surface area contributed by atoms with Gasteiger partial charge in [0.1, 0.15) is 18.2 Å². The summed E-state index contributed by atoms with van der Waals surface area (Å²) in [5.74, 6) is 0.331. The van der Waals surface area contributed by atoms with Gasteiger partial charge < -0.3 is 15.8 Å². The van der Waals surface area contributed by atoms with Crippen LogP contribution in [0.2, 0.25) is 5.02 Å². The van der Waals surface area contributed by atoms with Crippen LogP contribution in [0.3, 0.4) is 0 Å². The number of anilines is 1. The van der Waals surface area contributed by atoms with Crippen molar-refractivity contribution >= 4 is 23.3 Å². The Morgan fingerprint density at radius 2 is 2.03 bits per heavy atom. The van der Waals surface area contributed by atoms with E-state index in [9.17, 15) is 9.18 Å². The number of rotatable bonds is 7. The molecule has 156 valence electrons. The molecule has 0 bridgehead atoms. The molecule has 1 aliphatic rings. The summed E-state index contributed by atoms with van der Waals surface area (Å²) in [5.41, 5.74) is 6.78. The third-order valence-corrected chi connectivity index (χ3v) is 5.24. The van der Waals surface area contributed by atoms with Gasteiger partial charge in [-0.2, -0.15) is 0 Å². The Labute approximate surface area is 175 Å². The van der Waals surface area contributed by atoms with E-state index < -0.39 is 6.03 Å². The molecule has 8 heteroatoms. The Hall–Kier alpha value is -2.35. The van der Waals surface area contributed by atoms with Crippen molar-refractivity contribution in [1.82, 2.24) is 9.80 Å². The van der Waals surface area contributed by atoms with Crippen molar-refractivity contribution in [2.24, 2.45) is 5.73 Å². The first kappa shape index (κ1) is 21.4. The number of piperazine rings is 1. The van der Waals surface area contributed by atoms with Gasteiger partial charge in [0.25, 0.3) is 0 Å². The number of nitrogens with zero attached hydrogens (tertiary/aromatic N) is 2. The van der Waals surface area contributed by atoms with E-state index in [0.717, 1.165) is 38.3 Å². The van der Waals surface area contributed by atoms with Crippen LogP contribution in [0.25, 0.3) is 0 Å². The number of carbonyl (C=O) groups excluding carboxylic acids is 1. The molecule has 1 heterocycles. The monoisotopic (exact) mass is 420 g/mol. The van der Waals surface area contributed by atoms with Gasteiger partial charge in [0.2, 0.25) is 0 Å².